The summed E-state index contributed by atoms with van der Waals surface area (Å²) >= 11 is 0. The number of hydrogen-bond acceptors (Lipinski definition) is 2. The molecule has 2 heteroatoms. The second-order valence-electron chi connectivity index (χ2n) is 2.04. The van der Waals surface area contributed by atoms with Gasteiger partial charge in [0, 0.05) is 5.71 Å². The zero-order chi connectivity index (χ0) is 7.86. The molecular formula is C7H15NO. The first-order valence-electron chi connectivity index (χ1n) is 3.01. The van der Waals surface area contributed by atoms with Crippen molar-refractivity contribution in [1.82, 2.24) is 0 Å². The van der Waals surface area contributed by atoms with Crippen LogP contribution in [-0.2, 0) is 4.79 Å². The Kier molecular flexibility index (Phi) is 9.12. The van der Waals surface area contributed by atoms with Crippen molar-refractivity contribution in [3.8, 4) is 0 Å². The van der Waals surface area contributed by atoms with Crippen LogP contribution < -0.4 is 0 Å². The van der Waals surface area contributed by atoms with Gasteiger partial charge in [-0.2, -0.15) is 0 Å². The van der Waals surface area contributed by atoms with Gasteiger partial charge in [-0.3, -0.25) is 0 Å². The molecule has 0 fully saturated rings. The molecule has 0 saturated carbocycles. The molecule has 0 amide bonds. The van der Waals surface area contributed by atoms with Gasteiger partial charge in [0.05, 0.1) is 0 Å². The summed E-state index contributed by atoms with van der Waals surface area (Å²) in [5, 5.41) is 6.74. The van der Waals surface area contributed by atoms with Gasteiger partial charge in [0.15, 0.2) is 0 Å². The summed E-state index contributed by atoms with van der Waals surface area (Å²) in [5.41, 5.74) is 0.755. The Morgan fingerprint density at radius 2 is 1.44 bits per heavy atom. The highest BCUT2D eigenvalue weighted by Crippen LogP contribution is 1.72. The van der Waals surface area contributed by atoms with Crippen molar-refractivity contribution in [3.63, 3.8) is 0 Å². The summed E-state index contributed by atoms with van der Waals surface area (Å²) in [6, 6.07) is 0. The van der Waals surface area contributed by atoms with Crippen molar-refractivity contribution in [3.05, 3.63) is 0 Å². The Morgan fingerprint density at radius 1 is 1.33 bits per heavy atom. The van der Waals surface area contributed by atoms with E-state index in [4.69, 9.17) is 5.41 Å². The van der Waals surface area contributed by atoms with Gasteiger partial charge in [-0.25, -0.2) is 0 Å². The minimum Gasteiger partial charge on any atom is -0.310 e. The first-order chi connectivity index (χ1) is 4.00. The maximum absolute atomic E-state index is 9.44. The minimum absolute atomic E-state index is 0.167. The van der Waals surface area contributed by atoms with Gasteiger partial charge in [-0.1, -0.05) is 6.92 Å². The molecule has 54 valence electrons. The standard InChI is InChI=1S/C4H9N.C3H6O/c1-3-4(2)5;1-3(2)4/h5H,3H2,1-2H3;1-2H3. The van der Waals surface area contributed by atoms with Crippen LogP contribution in [0.1, 0.15) is 34.1 Å². The number of hydrogen-bond donors (Lipinski definition) is 1. The van der Waals surface area contributed by atoms with Gasteiger partial charge in [0.1, 0.15) is 5.78 Å². The van der Waals surface area contributed by atoms with Crippen molar-refractivity contribution in [2.45, 2.75) is 34.1 Å². The van der Waals surface area contributed by atoms with Crippen LogP contribution in [0.4, 0.5) is 0 Å². The molecule has 0 heterocycles. The maximum Gasteiger partial charge on any atom is 0.126 e. The Hall–Kier alpha value is -0.660. The van der Waals surface area contributed by atoms with E-state index in [1.165, 1.54) is 13.8 Å². The number of ketones is 1. The van der Waals surface area contributed by atoms with Crippen LogP contribution in [0.2, 0.25) is 0 Å². The van der Waals surface area contributed by atoms with E-state index in [0.29, 0.717) is 0 Å². The third-order valence-corrected chi connectivity index (χ3v) is 0.530. The Labute approximate surface area is 56.8 Å². The van der Waals surface area contributed by atoms with E-state index in [1.807, 2.05) is 6.92 Å². The van der Waals surface area contributed by atoms with Gasteiger partial charge in [0.25, 0.3) is 0 Å². The number of Topliss-reactive ketones (excluding diaryl/α,β-unsaturated/α-hetero) is 1. The molecular weight excluding hydrogens is 114 g/mol. The van der Waals surface area contributed by atoms with Gasteiger partial charge in [-0.05, 0) is 27.2 Å². The van der Waals surface area contributed by atoms with Crippen LogP contribution in [0.5, 0.6) is 0 Å². The van der Waals surface area contributed by atoms with E-state index >= 15 is 0 Å². The Bertz CT molecular complexity index is 93.1. The second kappa shape index (κ2) is 7.34. The van der Waals surface area contributed by atoms with Gasteiger partial charge in [0.2, 0.25) is 0 Å². The fourth-order valence-electron chi connectivity index (χ4n) is 0. The molecule has 0 rings (SSSR count). The maximum atomic E-state index is 9.44. The highest BCUT2D eigenvalue weighted by Gasteiger charge is 1.70. The van der Waals surface area contributed by atoms with E-state index < -0.39 is 0 Å². The molecule has 0 aliphatic heterocycles. The Balaban J connectivity index is 0. The lowest BCUT2D eigenvalue weighted by atomic mass is 10.3. The molecule has 2 nitrogen and oxygen atoms in total. The molecule has 0 aromatic carbocycles. The molecule has 0 bridgehead atoms. The zero-order valence-electron chi connectivity index (χ0n) is 6.62. The van der Waals surface area contributed by atoms with E-state index in [9.17, 15) is 4.79 Å². The van der Waals surface area contributed by atoms with Crippen LogP contribution in [0, 0.1) is 5.41 Å². The molecule has 0 aliphatic carbocycles. The smallest absolute Gasteiger partial charge is 0.126 e. The van der Waals surface area contributed by atoms with Crippen molar-refractivity contribution in [2.75, 3.05) is 0 Å². The largest absolute Gasteiger partial charge is 0.310 e. The summed E-state index contributed by atoms with van der Waals surface area (Å²) in [5.74, 6) is 0.167. The van der Waals surface area contributed by atoms with E-state index in [1.54, 1.807) is 6.92 Å². The van der Waals surface area contributed by atoms with Crippen LogP contribution in [0.15, 0.2) is 0 Å². The lowest BCUT2D eigenvalue weighted by Crippen LogP contribution is -1.78. The molecule has 0 spiro atoms. The Morgan fingerprint density at radius 3 is 1.44 bits per heavy atom. The fraction of sp³-hybridized carbons (Fsp3) is 0.714. The first-order valence-corrected chi connectivity index (χ1v) is 3.01. The van der Waals surface area contributed by atoms with Crippen LogP contribution in [0.25, 0.3) is 0 Å². The summed E-state index contributed by atoms with van der Waals surface area (Å²) in [6.07, 6.45) is 0.889. The molecule has 0 aromatic rings. The molecule has 0 aromatic heterocycles. The monoisotopic (exact) mass is 129 g/mol. The van der Waals surface area contributed by atoms with Gasteiger partial charge < -0.3 is 10.2 Å². The second-order valence-corrected chi connectivity index (χ2v) is 2.04. The number of rotatable bonds is 1. The summed E-state index contributed by atoms with van der Waals surface area (Å²) in [7, 11) is 0. The highest BCUT2D eigenvalue weighted by atomic mass is 16.1. The lowest BCUT2D eigenvalue weighted by Gasteiger charge is -1.77. The fourth-order valence-corrected chi connectivity index (χ4v) is 0. The molecule has 0 aliphatic rings. The number of nitrogens with one attached hydrogen (secondary N) is 1. The average Bonchev–Trinajstić information content (AvgIpc) is 1.65. The van der Waals surface area contributed by atoms with Gasteiger partial charge >= 0.3 is 0 Å². The molecule has 0 saturated heterocycles. The molecule has 0 atom stereocenters. The van der Waals surface area contributed by atoms with Gasteiger partial charge in [-0.15, -0.1) is 0 Å². The van der Waals surface area contributed by atoms with Crippen LogP contribution in [0.3, 0.4) is 0 Å². The third kappa shape index (κ3) is 117. The molecule has 9 heavy (non-hydrogen) atoms. The first kappa shape index (κ1) is 11.2. The van der Waals surface area contributed by atoms with E-state index in [-0.39, 0.29) is 5.78 Å². The molecule has 1 N–H and O–H groups in total. The van der Waals surface area contributed by atoms with Crippen molar-refractivity contribution >= 4 is 11.5 Å². The SMILES string of the molecule is CC(C)=O.CCC(C)=N. The average molecular weight is 129 g/mol. The number of carbonyl (C=O) groups excluding carboxylic acids is 1. The van der Waals surface area contributed by atoms with Crippen molar-refractivity contribution < 1.29 is 4.79 Å². The third-order valence-electron chi connectivity index (χ3n) is 0.530. The van der Waals surface area contributed by atoms with Crippen molar-refractivity contribution in [1.29, 1.82) is 5.41 Å². The predicted molar refractivity (Wildman–Crippen MR) is 40.0 cm³/mol. The topological polar surface area (TPSA) is 40.9 Å². The predicted octanol–water partition coefficient (Wildman–Crippen LogP) is 2.03. The molecule has 0 radical (unpaired) electrons. The lowest BCUT2D eigenvalue weighted by molar-refractivity contribution is -0.114. The van der Waals surface area contributed by atoms with Crippen LogP contribution in [-0.4, -0.2) is 11.5 Å². The normalized spacial score (nSPS) is 7.11. The van der Waals surface area contributed by atoms with Crippen molar-refractivity contribution in [2.24, 2.45) is 0 Å². The minimum atomic E-state index is 0.167. The summed E-state index contributed by atoms with van der Waals surface area (Å²) in [4.78, 5) is 9.44. The quantitative estimate of drug-likeness (QED) is 0.541. The highest BCUT2D eigenvalue weighted by molar-refractivity contribution is 5.78. The zero-order valence-corrected chi connectivity index (χ0v) is 6.62. The molecule has 0 unspecified atom stereocenters. The summed E-state index contributed by atoms with van der Waals surface area (Å²) in [6.45, 7) is 6.84. The number of carbonyl (C=O) groups is 1. The summed E-state index contributed by atoms with van der Waals surface area (Å²) < 4.78 is 0. The van der Waals surface area contributed by atoms with Crippen LogP contribution >= 0.6 is 0 Å². The van der Waals surface area contributed by atoms with E-state index in [2.05, 4.69) is 0 Å². The van der Waals surface area contributed by atoms with E-state index in [0.717, 1.165) is 12.1 Å².